The summed E-state index contributed by atoms with van der Waals surface area (Å²) < 4.78 is 5.50. The van der Waals surface area contributed by atoms with E-state index in [1.165, 1.54) is 0 Å². The fourth-order valence-electron chi connectivity index (χ4n) is 3.19. The summed E-state index contributed by atoms with van der Waals surface area (Å²) in [6.45, 7) is 2.90. The van der Waals surface area contributed by atoms with Crippen LogP contribution in [0.3, 0.4) is 0 Å². The normalized spacial score (nSPS) is 21.8. The van der Waals surface area contributed by atoms with Gasteiger partial charge in [0.05, 0.1) is 17.6 Å². The van der Waals surface area contributed by atoms with Crippen LogP contribution in [0, 0.1) is 11.8 Å². The predicted octanol–water partition coefficient (Wildman–Crippen LogP) is 3.84. The van der Waals surface area contributed by atoms with Crippen molar-refractivity contribution in [1.29, 1.82) is 0 Å². The number of hydrogen-bond acceptors (Lipinski definition) is 4. The minimum Gasteiger partial charge on any atom is -0.478 e. The Bertz CT molecular complexity index is 676. The first-order valence-corrected chi connectivity index (χ1v) is 8.47. The molecule has 0 amide bonds. The van der Waals surface area contributed by atoms with E-state index in [1.807, 2.05) is 31.3 Å². The van der Waals surface area contributed by atoms with Crippen molar-refractivity contribution in [2.75, 3.05) is 13.2 Å². The number of nitrogens with zero attached hydrogens (tertiary/aromatic N) is 2. The lowest BCUT2D eigenvalue weighted by Gasteiger charge is -2.25. The zero-order valence-corrected chi connectivity index (χ0v) is 13.6. The Labute approximate surface area is 137 Å². The molecule has 1 aliphatic rings. The molecule has 0 aliphatic heterocycles. The third-order valence-electron chi connectivity index (χ3n) is 4.58. The van der Waals surface area contributed by atoms with Crippen LogP contribution in [0.5, 0.6) is 5.88 Å². The molecular formula is C19H24N2O2. The number of fused-ring (bicyclic) bond motifs is 1. The summed E-state index contributed by atoms with van der Waals surface area (Å²) in [6, 6.07) is 5.82. The number of ether oxygens (including phenoxy) is 1. The van der Waals surface area contributed by atoms with Gasteiger partial charge in [-0.3, -0.25) is 4.98 Å². The summed E-state index contributed by atoms with van der Waals surface area (Å²) in [5.74, 6) is 1.74. The van der Waals surface area contributed by atoms with E-state index in [4.69, 9.17) is 4.74 Å². The number of aromatic nitrogens is 2. The van der Waals surface area contributed by atoms with E-state index in [-0.39, 0.29) is 0 Å². The van der Waals surface area contributed by atoms with Crippen LogP contribution in [0.15, 0.2) is 30.5 Å². The summed E-state index contributed by atoms with van der Waals surface area (Å²) in [6.07, 6.45) is 10.8. The zero-order chi connectivity index (χ0) is 16.1. The Balaban J connectivity index is 1.79. The maximum Gasteiger partial charge on any atom is 0.213 e. The quantitative estimate of drug-likeness (QED) is 0.911. The van der Waals surface area contributed by atoms with Gasteiger partial charge in [-0.2, -0.15) is 0 Å². The van der Waals surface area contributed by atoms with Crippen molar-refractivity contribution in [3.63, 3.8) is 0 Å². The van der Waals surface area contributed by atoms with Crippen LogP contribution in [0.2, 0.25) is 0 Å². The van der Waals surface area contributed by atoms with Crippen LogP contribution in [0.1, 0.15) is 38.2 Å². The molecule has 1 N–H and O–H groups in total. The largest absolute Gasteiger partial charge is 0.478 e. The molecule has 0 saturated heterocycles. The van der Waals surface area contributed by atoms with Crippen molar-refractivity contribution >= 4 is 17.1 Å². The minimum absolute atomic E-state index is 0.329. The van der Waals surface area contributed by atoms with Gasteiger partial charge in [-0.1, -0.05) is 12.2 Å². The van der Waals surface area contributed by atoms with Gasteiger partial charge in [0.15, 0.2) is 0 Å². The van der Waals surface area contributed by atoms with Gasteiger partial charge in [0.25, 0.3) is 0 Å². The molecule has 1 fully saturated rings. The second-order valence-corrected chi connectivity index (χ2v) is 6.17. The lowest BCUT2D eigenvalue weighted by Crippen LogP contribution is -2.15. The van der Waals surface area contributed by atoms with Crippen LogP contribution in [0.25, 0.3) is 17.1 Å². The van der Waals surface area contributed by atoms with Crippen LogP contribution in [-0.2, 0) is 0 Å². The summed E-state index contributed by atoms with van der Waals surface area (Å²) in [7, 11) is 0. The maximum atomic E-state index is 9.23. The highest BCUT2D eigenvalue weighted by Crippen LogP contribution is 2.30. The smallest absolute Gasteiger partial charge is 0.213 e. The molecule has 1 aliphatic carbocycles. The fraction of sp³-hybridized carbons (Fsp3) is 0.474. The number of aliphatic hydroxyl groups is 1. The predicted molar refractivity (Wildman–Crippen MR) is 92.3 cm³/mol. The highest BCUT2D eigenvalue weighted by atomic mass is 16.5. The van der Waals surface area contributed by atoms with Gasteiger partial charge in [0, 0.05) is 24.4 Å². The fourth-order valence-corrected chi connectivity index (χ4v) is 3.19. The summed E-state index contributed by atoms with van der Waals surface area (Å²) in [5, 5.41) is 9.23. The van der Waals surface area contributed by atoms with Gasteiger partial charge in [-0.25, -0.2) is 4.98 Å². The van der Waals surface area contributed by atoms with Crippen molar-refractivity contribution in [2.45, 2.75) is 32.6 Å². The van der Waals surface area contributed by atoms with Crippen molar-refractivity contribution in [3.8, 4) is 5.88 Å². The van der Waals surface area contributed by atoms with Crippen molar-refractivity contribution < 1.29 is 9.84 Å². The lowest BCUT2D eigenvalue weighted by atomic mass is 9.82. The van der Waals surface area contributed by atoms with E-state index in [1.54, 1.807) is 0 Å². The van der Waals surface area contributed by atoms with E-state index >= 15 is 0 Å². The molecule has 0 unspecified atom stereocenters. The maximum absolute atomic E-state index is 9.23. The number of hydrogen-bond donors (Lipinski definition) is 1. The van der Waals surface area contributed by atoms with Crippen LogP contribution in [0.4, 0.5) is 0 Å². The molecule has 4 heteroatoms. The molecule has 0 aromatic carbocycles. The summed E-state index contributed by atoms with van der Waals surface area (Å²) >= 11 is 0. The number of rotatable bonds is 5. The average molecular weight is 312 g/mol. The second kappa shape index (κ2) is 7.55. The molecule has 4 nitrogen and oxygen atoms in total. The molecule has 1 saturated carbocycles. The molecule has 2 aromatic heterocycles. The molecule has 122 valence electrons. The van der Waals surface area contributed by atoms with E-state index in [9.17, 15) is 5.11 Å². The van der Waals surface area contributed by atoms with Gasteiger partial charge < -0.3 is 9.84 Å². The Hall–Kier alpha value is -1.94. The number of pyridine rings is 2. The van der Waals surface area contributed by atoms with E-state index in [0.29, 0.717) is 30.9 Å². The molecule has 0 radical (unpaired) electrons. The van der Waals surface area contributed by atoms with E-state index < -0.39 is 0 Å². The van der Waals surface area contributed by atoms with Gasteiger partial charge in [-0.05, 0) is 56.6 Å². The van der Waals surface area contributed by atoms with Crippen LogP contribution in [-0.4, -0.2) is 28.3 Å². The molecule has 2 heterocycles. The standard InChI is InChI=1S/C19H24N2O2/c1-2-23-18-10-9-17-19(21-18)16(11-12-20-17)8-7-14-3-5-15(13-22)6-4-14/h7-12,14-15,22H,2-6,13H2,1H3/b8-7+/t14-,15-. The molecule has 0 spiro atoms. The molecule has 2 aromatic rings. The second-order valence-electron chi connectivity index (χ2n) is 6.17. The van der Waals surface area contributed by atoms with Gasteiger partial charge in [0.2, 0.25) is 5.88 Å². The van der Waals surface area contributed by atoms with Gasteiger partial charge in [-0.15, -0.1) is 0 Å². The van der Waals surface area contributed by atoms with E-state index in [0.717, 1.165) is 42.3 Å². The molecular weight excluding hydrogens is 288 g/mol. The molecule has 0 atom stereocenters. The third kappa shape index (κ3) is 3.88. The number of aliphatic hydroxyl groups excluding tert-OH is 1. The zero-order valence-electron chi connectivity index (χ0n) is 13.6. The van der Waals surface area contributed by atoms with Gasteiger partial charge >= 0.3 is 0 Å². The lowest BCUT2D eigenvalue weighted by molar-refractivity contribution is 0.178. The highest BCUT2D eigenvalue weighted by Gasteiger charge is 2.18. The highest BCUT2D eigenvalue weighted by molar-refractivity contribution is 5.84. The first-order valence-electron chi connectivity index (χ1n) is 8.47. The molecule has 23 heavy (non-hydrogen) atoms. The van der Waals surface area contributed by atoms with Crippen molar-refractivity contribution in [2.24, 2.45) is 11.8 Å². The molecule has 3 rings (SSSR count). The Kier molecular flexibility index (Phi) is 5.23. The Morgan fingerprint density at radius 1 is 1.22 bits per heavy atom. The van der Waals surface area contributed by atoms with Crippen LogP contribution < -0.4 is 4.74 Å². The van der Waals surface area contributed by atoms with E-state index in [2.05, 4.69) is 22.1 Å². The Morgan fingerprint density at radius 3 is 2.78 bits per heavy atom. The first-order chi connectivity index (χ1) is 11.3. The van der Waals surface area contributed by atoms with Crippen molar-refractivity contribution in [3.05, 3.63) is 36.0 Å². The monoisotopic (exact) mass is 312 g/mol. The van der Waals surface area contributed by atoms with Crippen molar-refractivity contribution in [1.82, 2.24) is 9.97 Å². The molecule has 0 bridgehead atoms. The van der Waals surface area contributed by atoms with Gasteiger partial charge in [0.1, 0.15) is 0 Å². The average Bonchev–Trinajstić information content (AvgIpc) is 2.60. The topological polar surface area (TPSA) is 55.2 Å². The number of allylic oxidation sites excluding steroid dienone is 1. The first kappa shape index (κ1) is 15.9. The summed E-state index contributed by atoms with van der Waals surface area (Å²) in [4.78, 5) is 8.96. The van der Waals surface area contributed by atoms with Crippen LogP contribution >= 0.6 is 0 Å². The summed E-state index contributed by atoms with van der Waals surface area (Å²) in [5.41, 5.74) is 2.86. The Morgan fingerprint density at radius 2 is 2.04 bits per heavy atom. The third-order valence-corrected chi connectivity index (χ3v) is 4.58. The minimum atomic E-state index is 0.329. The SMILES string of the molecule is CCOc1ccc2nccc(/C=C/[C@H]3CC[C@H](CO)CC3)c2n1.